The summed E-state index contributed by atoms with van der Waals surface area (Å²) in [7, 11) is 0. The molecule has 2 amide bonds. The number of hydrogen-bond donors (Lipinski definition) is 3. The standard InChI is InChI=1S/C14H18FN5O2/c1-10(7-20-9-16-8-18-20)19-14(22)17-6-13(21)11-2-4-12(15)5-3-11/h2-5,8-10,13,21H,6-7H2,1H3,(H2,17,19,22). The Balaban J connectivity index is 1.73. The third-order valence-electron chi connectivity index (χ3n) is 3.02. The first-order valence-corrected chi connectivity index (χ1v) is 6.85. The molecule has 2 unspecified atom stereocenters. The number of nitrogens with zero attached hydrogens (tertiary/aromatic N) is 3. The molecule has 0 spiro atoms. The molecule has 0 aliphatic heterocycles. The van der Waals surface area contributed by atoms with Crippen molar-refractivity contribution in [1.29, 1.82) is 0 Å². The average Bonchev–Trinajstić information content (AvgIpc) is 2.98. The van der Waals surface area contributed by atoms with Gasteiger partial charge in [-0.3, -0.25) is 4.68 Å². The molecule has 7 nitrogen and oxygen atoms in total. The highest BCUT2D eigenvalue weighted by molar-refractivity contribution is 5.74. The number of carbonyl (C=O) groups is 1. The van der Waals surface area contributed by atoms with E-state index >= 15 is 0 Å². The highest BCUT2D eigenvalue weighted by Gasteiger charge is 2.11. The fourth-order valence-corrected chi connectivity index (χ4v) is 1.92. The number of amides is 2. The van der Waals surface area contributed by atoms with Gasteiger partial charge in [-0.2, -0.15) is 5.10 Å². The summed E-state index contributed by atoms with van der Waals surface area (Å²) in [6, 6.07) is 4.94. The minimum absolute atomic E-state index is 0.0352. The van der Waals surface area contributed by atoms with Crippen LogP contribution in [0.3, 0.4) is 0 Å². The van der Waals surface area contributed by atoms with Crippen molar-refractivity contribution in [1.82, 2.24) is 25.4 Å². The summed E-state index contributed by atoms with van der Waals surface area (Å²) in [6.07, 6.45) is 2.09. The van der Waals surface area contributed by atoms with Crippen LogP contribution in [-0.4, -0.2) is 38.5 Å². The van der Waals surface area contributed by atoms with Crippen LogP contribution in [-0.2, 0) is 6.54 Å². The van der Waals surface area contributed by atoms with Gasteiger partial charge >= 0.3 is 6.03 Å². The molecule has 2 aromatic rings. The average molecular weight is 307 g/mol. The zero-order chi connectivity index (χ0) is 15.9. The molecule has 1 aromatic carbocycles. The number of aliphatic hydroxyl groups excluding tert-OH is 1. The number of halogens is 1. The second-order valence-corrected chi connectivity index (χ2v) is 4.94. The zero-order valence-corrected chi connectivity index (χ0v) is 12.1. The van der Waals surface area contributed by atoms with Gasteiger partial charge < -0.3 is 15.7 Å². The second-order valence-electron chi connectivity index (χ2n) is 4.94. The summed E-state index contributed by atoms with van der Waals surface area (Å²) in [5.41, 5.74) is 0.539. The molecule has 0 bridgehead atoms. The van der Waals surface area contributed by atoms with E-state index in [0.717, 1.165) is 0 Å². The monoisotopic (exact) mass is 307 g/mol. The lowest BCUT2D eigenvalue weighted by Gasteiger charge is -2.16. The van der Waals surface area contributed by atoms with Crippen LogP contribution in [0.1, 0.15) is 18.6 Å². The van der Waals surface area contributed by atoms with Gasteiger partial charge in [0.05, 0.1) is 12.6 Å². The van der Waals surface area contributed by atoms with Crippen molar-refractivity contribution in [2.75, 3.05) is 6.54 Å². The number of urea groups is 1. The van der Waals surface area contributed by atoms with E-state index in [2.05, 4.69) is 20.7 Å². The lowest BCUT2D eigenvalue weighted by atomic mass is 10.1. The predicted molar refractivity (Wildman–Crippen MR) is 77.4 cm³/mol. The summed E-state index contributed by atoms with van der Waals surface area (Å²) in [4.78, 5) is 15.6. The maximum atomic E-state index is 12.8. The number of aliphatic hydroxyl groups is 1. The van der Waals surface area contributed by atoms with Crippen LogP contribution < -0.4 is 10.6 Å². The highest BCUT2D eigenvalue weighted by atomic mass is 19.1. The molecule has 2 atom stereocenters. The van der Waals surface area contributed by atoms with Crippen molar-refractivity contribution < 1.29 is 14.3 Å². The van der Waals surface area contributed by atoms with E-state index in [4.69, 9.17) is 0 Å². The summed E-state index contributed by atoms with van der Waals surface area (Å²) in [6.45, 7) is 2.36. The fraction of sp³-hybridized carbons (Fsp3) is 0.357. The summed E-state index contributed by atoms with van der Waals surface area (Å²) in [5.74, 6) is -0.372. The lowest BCUT2D eigenvalue weighted by Crippen LogP contribution is -2.43. The molecule has 118 valence electrons. The van der Waals surface area contributed by atoms with Crippen molar-refractivity contribution >= 4 is 6.03 Å². The molecule has 0 aliphatic rings. The Morgan fingerprint density at radius 2 is 2.14 bits per heavy atom. The first-order valence-electron chi connectivity index (χ1n) is 6.85. The van der Waals surface area contributed by atoms with E-state index < -0.39 is 12.1 Å². The van der Waals surface area contributed by atoms with Gasteiger partial charge in [-0.05, 0) is 24.6 Å². The summed E-state index contributed by atoms with van der Waals surface area (Å²) >= 11 is 0. The first-order chi connectivity index (χ1) is 10.5. The molecule has 0 aliphatic carbocycles. The maximum absolute atomic E-state index is 12.8. The van der Waals surface area contributed by atoms with Gasteiger partial charge in [0.15, 0.2) is 0 Å². The van der Waals surface area contributed by atoms with Crippen molar-refractivity contribution in [3.05, 3.63) is 48.3 Å². The third-order valence-corrected chi connectivity index (χ3v) is 3.02. The van der Waals surface area contributed by atoms with Crippen LogP contribution in [0.2, 0.25) is 0 Å². The van der Waals surface area contributed by atoms with Crippen LogP contribution >= 0.6 is 0 Å². The maximum Gasteiger partial charge on any atom is 0.315 e. The quantitative estimate of drug-likeness (QED) is 0.737. The fourth-order valence-electron chi connectivity index (χ4n) is 1.92. The van der Waals surface area contributed by atoms with Crippen LogP contribution in [0.25, 0.3) is 0 Å². The van der Waals surface area contributed by atoms with Gasteiger partial charge in [-0.1, -0.05) is 12.1 Å². The number of rotatable bonds is 6. The first kappa shape index (κ1) is 15.9. The van der Waals surface area contributed by atoms with Gasteiger partial charge in [0, 0.05) is 12.6 Å². The normalized spacial score (nSPS) is 13.4. The van der Waals surface area contributed by atoms with Crippen LogP contribution in [0.15, 0.2) is 36.9 Å². The molecule has 8 heteroatoms. The smallest absolute Gasteiger partial charge is 0.315 e. The molecule has 0 saturated heterocycles. The Morgan fingerprint density at radius 3 is 2.77 bits per heavy atom. The largest absolute Gasteiger partial charge is 0.387 e. The molecule has 0 saturated carbocycles. The Bertz CT molecular complexity index is 588. The molecule has 2 rings (SSSR count). The topological polar surface area (TPSA) is 92.1 Å². The van der Waals surface area contributed by atoms with Gasteiger partial charge in [-0.25, -0.2) is 14.2 Å². The Morgan fingerprint density at radius 1 is 1.41 bits per heavy atom. The molecule has 1 aromatic heterocycles. The molecule has 1 heterocycles. The summed E-state index contributed by atoms with van der Waals surface area (Å²) in [5, 5.41) is 19.2. The van der Waals surface area contributed by atoms with E-state index in [-0.39, 0.29) is 18.4 Å². The van der Waals surface area contributed by atoms with E-state index in [9.17, 15) is 14.3 Å². The number of benzene rings is 1. The Hall–Kier alpha value is -2.48. The van der Waals surface area contributed by atoms with E-state index in [1.54, 1.807) is 11.0 Å². The summed E-state index contributed by atoms with van der Waals surface area (Å²) < 4.78 is 14.4. The van der Waals surface area contributed by atoms with Gasteiger partial charge in [0.1, 0.15) is 18.5 Å². The van der Waals surface area contributed by atoms with Crippen molar-refractivity contribution in [3.8, 4) is 0 Å². The van der Waals surface area contributed by atoms with Gasteiger partial charge in [-0.15, -0.1) is 0 Å². The predicted octanol–water partition coefficient (Wildman–Crippen LogP) is 0.839. The second kappa shape index (κ2) is 7.51. The minimum atomic E-state index is -0.892. The number of carbonyl (C=O) groups excluding carboxylic acids is 1. The van der Waals surface area contributed by atoms with Crippen LogP contribution in [0.5, 0.6) is 0 Å². The SMILES string of the molecule is CC(Cn1cncn1)NC(=O)NCC(O)c1ccc(F)cc1. The Kier molecular flexibility index (Phi) is 5.42. The molecule has 22 heavy (non-hydrogen) atoms. The molecular formula is C14H18FN5O2. The van der Waals surface area contributed by atoms with E-state index in [1.807, 2.05) is 6.92 Å². The molecule has 0 fully saturated rings. The van der Waals surface area contributed by atoms with E-state index in [1.165, 1.54) is 30.6 Å². The molecule has 3 N–H and O–H groups in total. The van der Waals surface area contributed by atoms with Crippen molar-refractivity contribution in [2.45, 2.75) is 25.6 Å². The molecular weight excluding hydrogens is 289 g/mol. The van der Waals surface area contributed by atoms with E-state index in [0.29, 0.717) is 12.1 Å². The van der Waals surface area contributed by atoms with Gasteiger partial charge in [0.2, 0.25) is 0 Å². The number of aromatic nitrogens is 3. The Labute approximate surface area is 127 Å². The number of nitrogens with one attached hydrogen (secondary N) is 2. The minimum Gasteiger partial charge on any atom is -0.387 e. The third kappa shape index (κ3) is 4.81. The lowest BCUT2D eigenvalue weighted by molar-refractivity contribution is 0.172. The van der Waals surface area contributed by atoms with Crippen molar-refractivity contribution in [2.24, 2.45) is 0 Å². The van der Waals surface area contributed by atoms with Crippen LogP contribution in [0, 0.1) is 5.82 Å². The highest BCUT2D eigenvalue weighted by Crippen LogP contribution is 2.12. The van der Waals surface area contributed by atoms with Crippen molar-refractivity contribution in [3.63, 3.8) is 0 Å². The zero-order valence-electron chi connectivity index (χ0n) is 12.1. The van der Waals surface area contributed by atoms with Crippen LogP contribution in [0.4, 0.5) is 9.18 Å². The number of hydrogen-bond acceptors (Lipinski definition) is 4. The molecule has 0 radical (unpaired) electrons. The van der Waals surface area contributed by atoms with Gasteiger partial charge in [0.25, 0.3) is 0 Å².